The number of hydrogen-bond donors (Lipinski definition) is 0. The third kappa shape index (κ3) is 4.35. The Morgan fingerprint density at radius 1 is 1.00 bits per heavy atom. The van der Waals surface area contributed by atoms with Crippen LogP contribution in [0.4, 0.5) is 0 Å². The van der Waals surface area contributed by atoms with E-state index in [4.69, 9.17) is 4.74 Å². The highest BCUT2D eigenvalue weighted by atomic mass is 31.2. The summed E-state index contributed by atoms with van der Waals surface area (Å²) in [5, 5.41) is 1.90. The monoisotopic (exact) mass is 423 g/mol. The third-order valence-electron chi connectivity index (χ3n) is 6.86. The molecular formula is C26H34NO2P. The Hall–Kier alpha value is -1.67. The lowest BCUT2D eigenvalue weighted by Gasteiger charge is -2.40. The second-order valence-electron chi connectivity index (χ2n) is 9.06. The van der Waals surface area contributed by atoms with Gasteiger partial charge in [0, 0.05) is 35.8 Å². The lowest BCUT2D eigenvalue weighted by atomic mass is 9.74. The van der Waals surface area contributed by atoms with Crippen molar-refractivity contribution in [2.24, 2.45) is 17.8 Å². The number of rotatable bonds is 6. The first-order valence-corrected chi connectivity index (χ1v) is 13.1. The van der Waals surface area contributed by atoms with Crippen LogP contribution in [0.15, 0.2) is 72.3 Å². The zero-order chi connectivity index (χ0) is 21.1. The maximum atomic E-state index is 14.4. The van der Waals surface area contributed by atoms with Gasteiger partial charge in [0.1, 0.15) is 13.4 Å². The minimum atomic E-state index is -2.69. The minimum absolute atomic E-state index is 0.124. The Balaban J connectivity index is 1.56. The van der Waals surface area contributed by atoms with Gasteiger partial charge < -0.3 is 9.30 Å². The molecule has 0 amide bonds. The summed E-state index contributed by atoms with van der Waals surface area (Å²) in [7, 11) is -2.69. The van der Waals surface area contributed by atoms with Gasteiger partial charge in [0.2, 0.25) is 0 Å². The lowest BCUT2D eigenvalue weighted by molar-refractivity contribution is -0.0450. The molecule has 1 aliphatic carbocycles. The molecule has 0 N–H and O–H groups in total. The topological polar surface area (TPSA) is 29.5 Å². The van der Waals surface area contributed by atoms with E-state index in [0.717, 1.165) is 36.7 Å². The molecule has 1 aliphatic heterocycles. The Labute approximate surface area is 181 Å². The molecule has 2 aromatic carbocycles. The largest absolute Gasteiger partial charge is 0.361 e. The van der Waals surface area contributed by atoms with Crippen LogP contribution in [0.1, 0.15) is 27.2 Å². The summed E-state index contributed by atoms with van der Waals surface area (Å²) in [4.78, 5) is 2.45. The van der Waals surface area contributed by atoms with E-state index in [1.165, 1.54) is 5.57 Å². The molecule has 0 spiro atoms. The molecule has 4 heteroatoms. The summed E-state index contributed by atoms with van der Waals surface area (Å²) in [6.07, 6.45) is 4.34. The summed E-state index contributed by atoms with van der Waals surface area (Å²) in [5.74, 6) is 1.60. The zero-order valence-corrected chi connectivity index (χ0v) is 19.3. The van der Waals surface area contributed by atoms with E-state index in [0.29, 0.717) is 23.9 Å². The summed E-state index contributed by atoms with van der Waals surface area (Å²) >= 11 is 0. The molecule has 160 valence electrons. The molecule has 4 rings (SSSR count). The van der Waals surface area contributed by atoms with Crippen molar-refractivity contribution in [1.29, 1.82) is 0 Å². The average molecular weight is 424 g/mol. The van der Waals surface area contributed by atoms with Gasteiger partial charge in [-0.25, -0.2) is 0 Å². The molecule has 0 radical (unpaired) electrons. The molecule has 30 heavy (non-hydrogen) atoms. The van der Waals surface area contributed by atoms with Crippen molar-refractivity contribution >= 4 is 17.8 Å². The van der Waals surface area contributed by atoms with Crippen LogP contribution in [-0.2, 0) is 9.30 Å². The maximum Gasteiger partial charge on any atom is 0.144 e. The summed E-state index contributed by atoms with van der Waals surface area (Å²) < 4.78 is 20.6. The molecular weight excluding hydrogens is 389 g/mol. The van der Waals surface area contributed by atoms with Gasteiger partial charge in [-0.2, -0.15) is 0 Å². The SMILES string of the molecule is CC1=C[C@@H](C)[C@H]([C@H]2OCCN2CCP(=O)(c2ccccc2)c2ccccc2)[C@H](C)C1. The third-order valence-corrected chi connectivity index (χ3v) is 9.95. The molecule has 0 unspecified atom stereocenters. The maximum absolute atomic E-state index is 14.4. The Bertz CT molecular complexity index is 868. The average Bonchev–Trinajstić information content (AvgIpc) is 3.21. The van der Waals surface area contributed by atoms with E-state index >= 15 is 0 Å². The van der Waals surface area contributed by atoms with Gasteiger partial charge in [-0.05, 0) is 25.2 Å². The highest BCUT2D eigenvalue weighted by molar-refractivity contribution is 7.78. The van der Waals surface area contributed by atoms with E-state index in [-0.39, 0.29) is 6.23 Å². The van der Waals surface area contributed by atoms with E-state index < -0.39 is 7.14 Å². The van der Waals surface area contributed by atoms with E-state index in [9.17, 15) is 4.57 Å². The second-order valence-corrected chi connectivity index (χ2v) is 12.0. The fourth-order valence-electron chi connectivity index (χ4n) is 5.46. The zero-order valence-electron chi connectivity index (χ0n) is 18.4. The van der Waals surface area contributed by atoms with Crippen molar-refractivity contribution in [2.75, 3.05) is 25.9 Å². The number of ether oxygens (including phenoxy) is 1. The van der Waals surface area contributed by atoms with Crippen LogP contribution in [0.3, 0.4) is 0 Å². The standard InChI is InChI=1S/C26H34NO2P/c1-20-18-21(2)25(22(3)19-20)26-27(14-16-29-26)15-17-30(28,23-10-6-4-7-11-23)24-12-8-5-9-13-24/h4-13,18,21-22,25-26H,14-17,19H2,1-3H3/t21-,22-,25+,26-/m1/s1. The first-order chi connectivity index (χ1) is 14.5. The molecule has 1 heterocycles. The van der Waals surface area contributed by atoms with Crippen LogP contribution in [-0.4, -0.2) is 37.0 Å². The van der Waals surface area contributed by atoms with Crippen LogP contribution in [0.25, 0.3) is 0 Å². The molecule has 2 aliphatic rings. The van der Waals surface area contributed by atoms with Crippen molar-refractivity contribution in [3.8, 4) is 0 Å². The summed E-state index contributed by atoms with van der Waals surface area (Å²) in [5.41, 5.74) is 1.49. The van der Waals surface area contributed by atoms with Crippen molar-refractivity contribution in [2.45, 2.75) is 33.4 Å². The fraction of sp³-hybridized carbons (Fsp3) is 0.462. The second kappa shape index (κ2) is 9.22. The van der Waals surface area contributed by atoms with Gasteiger partial charge in [-0.3, -0.25) is 4.90 Å². The quantitative estimate of drug-likeness (QED) is 0.489. The van der Waals surface area contributed by atoms with Crippen LogP contribution in [0, 0.1) is 17.8 Å². The molecule has 0 bridgehead atoms. The minimum Gasteiger partial charge on any atom is -0.361 e. The van der Waals surface area contributed by atoms with Crippen LogP contribution < -0.4 is 10.6 Å². The Morgan fingerprint density at radius 2 is 1.60 bits per heavy atom. The Kier molecular flexibility index (Phi) is 6.63. The van der Waals surface area contributed by atoms with Crippen molar-refractivity contribution < 1.29 is 9.30 Å². The number of benzene rings is 2. The van der Waals surface area contributed by atoms with Gasteiger partial charge in [0.15, 0.2) is 0 Å². The number of allylic oxidation sites excluding steroid dienone is 2. The molecule has 3 nitrogen and oxygen atoms in total. The van der Waals surface area contributed by atoms with Gasteiger partial charge in [0.05, 0.1) is 6.61 Å². The predicted octanol–water partition coefficient (Wildman–Crippen LogP) is 4.90. The van der Waals surface area contributed by atoms with E-state index in [1.54, 1.807) is 0 Å². The number of hydrogen-bond acceptors (Lipinski definition) is 3. The smallest absolute Gasteiger partial charge is 0.144 e. The predicted molar refractivity (Wildman–Crippen MR) is 126 cm³/mol. The van der Waals surface area contributed by atoms with Gasteiger partial charge >= 0.3 is 0 Å². The first-order valence-electron chi connectivity index (χ1n) is 11.2. The van der Waals surface area contributed by atoms with Gasteiger partial charge in [-0.15, -0.1) is 0 Å². The molecule has 0 aromatic heterocycles. The summed E-state index contributed by atoms with van der Waals surface area (Å²) in [6.45, 7) is 9.41. The highest BCUT2D eigenvalue weighted by Crippen LogP contribution is 2.44. The van der Waals surface area contributed by atoms with Crippen LogP contribution in [0.2, 0.25) is 0 Å². The molecule has 1 fully saturated rings. The number of nitrogens with zero attached hydrogens (tertiary/aromatic N) is 1. The van der Waals surface area contributed by atoms with Crippen LogP contribution >= 0.6 is 7.14 Å². The molecule has 4 atom stereocenters. The van der Waals surface area contributed by atoms with E-state index in [1.807, 2.05) is 60.7 Å². The lowest BCUT2D eigenvalue weighted by Crippen LogP contribution is -2.44. The molecule has 2 aromatic rings. The van der Waals surface area contributed by atoms with Crippen molar-refractivity contribution in [1.82, 2.24) is 4.90 Å². The van der Waals surface area contributed by atoms with Gasteiger partial charge in [-0.1, -0.05) is 86.2 Å². The summed E-state index contributed by atoms with van der Waals surface area (Å²) in [6, 6.07) is 20.0. The fourth-order valence-corrected chi connectivity index (χ4v) is 8.12. The van der Waals surface area contributed by atoms with Gasteiger partial charge in [0.25, 0.3) is 0 Å². The molecule has 1 saturated heterocycles. The first kappa shape index (κ1) is 21.6. The highest BCUT2D eigenvalue weighted by Gasteiger charge is 2.40. The molecule has 0 saturated carbocycles. The van der Waals surface area contributed by atoms with Crippen molar-refractivity contribution in [3.63, 3.8) is 0 Å². The van der Waals surface area contributed by atoms with E-state index in [2.05, 4.69) is 31.7 Å². The van der Waals surface area contributed by atoms with Crippen molar-refractivity contribution in [3.05, 3.63) is 72.3 Å². The Morgan fingerprint density at radius 3 is 2.17 bits per heavy atom. The normalized spacial score (nSPS) is 27.8. The van der Waals surface area contributed by atoms with Crippen LogP contribution in [0.5, 0.6) is 0 Å².